The van der Waals surface area contributed by atoms with Crippen LogP contribution in [0.1, 0.15) is 49.8 Å². The Bertz CT molecular complexity index is 861. The van der Waals surface area contributed by atoms with Gasteiger partial charge in [-0.2, -0.15) is 4.98 Å². The minimum Gasteiger partial charge on any atom is -0.362 e. The van der Waals surface area contributed by atoms with Crippen molar-refractivity contribution < 1.29 is 0 Å². The zero-order valence-corrected chi connectivity index (χ0v) is 18.8. The molecule has 2 aliphatic carbocycles. The number of aromatic nitrogens is 2. The average molecular weight is 425 g/mol. The van der Waals surface area contributed by atoms with Gasteiger partial charge >= 0.3 is 0 Å². The first kappa shape index (κ1) is 20.8. The Morgan fingerprint density at radius 3 is 2.40 bits per heavy atom. The Balaban J connectivity index is 1.30. The summed E-state index contributed by atoms with van der Waals surface area (Å²) >= 11 is 5.48. The number of nitrogens with zero attached hydrogens (tertiary/aromatic N) is 3. The quantitative estimate of drug-likeness (QED) is 0.624. The van der Waals surface area contributed by atoms with Gasteiger partial charge in [-0.25, -0.2) is 4.98 Å². The fourth-order valence-electron chi connectivity index (χ4n) is 4.45. The van der Waals surface area contributed by atoms with E-state index in [2.05, 4.69) is 34.9 Å². The van der Waals surface area contributed by atoms with Gasteiger partial charge in [-0.3, -0.25) is 0 Å². The summed E-state index contributed by atoms with van der Waals surface area (Å²) in [4.78, 5) is 11.8. The van der Waals surface area contributed by atoms with Crippen LogP contribution in [0.25, 0.3) is 0 Å². The molecule has 0 amide bonds. The first-order chi connectivity index (χ1) is 14.6. The Morgan fingerprint density at radius 2 is 1.67 bits per heavy atom. The maximum atomic E-state index is 5.48. The Labute approximate surface area is 184 Å². The summed E-state index contributed by atoms with van der Waals surface area (Å²) in [5.41, 5.74) is 3.59. The van der Waals surface area contributed by atoms with Crippen LogP contribution in [0.5, 0.6) is 0 Å². The molecule has 1 saturated carbocycles. The van der Waals surface area contributed by atoms with Gasteiger partial charge in [0.1, 0.15) is 5.82 Å². The summed E-state index contributed by atoms with van der Waals surface area (Å²) in [5, 5.41) is 11.1. The van der Waals surface area contributed by atoms with Crippen molar-refractivity contribution in [1.82, 2.24) is 15.3 Å². The van der Waals surface area contributed by atoms with E-state index < -0.39 is 0 Å². The van der Waals surface area contributed by atoms with Crippen molar-refractivity contribution in [2.24, 2.45) is 0 Å². The highest BCUT2D eigenvalue weighted by Gasteiger charge is 2.24. The van der Waals surface area contributed by atoms with Crippen molar-refractivity contribution in [2.45, 2.75) is 63.5 Å². The molecule has 1 aromatic carbocycles. The van der Waals surface area contributed by atoms with Crippen molar-refractivity contribution >= 4 is 34.8 Å². The Hall–Kier alpha value is -2.41. The molecule has 160 valence electrons. The Kier molecular flexibility index (Phi) is 6.67. The van der Waals surface area contributed by atoms with Gasteiger partial charge in [-0.15, -0.1) is 0 Å². The number of para-hydroxylation sites is 1. The molecular formula is C23H32N6S. The van der Waals surface area contributed by atoms with E-state index in [9.17, 15) is 0 Å². The average Bonchev–Trinajstić information content (AvgIpc) is 2.75. The van der Waals surface area contributed by atoms with E-state index >= 15 is 0 Å². The van der Waals surface area contributed by atoms with Crippen LogP contribution >= 0.6 is 12.2 Å². The molecule has 0 bridgehead atoms. The number of hydrogen-bond donors (Lipinski definition) is 3. The molecule has 4 rings (SSSR count). The van der Waals surface area contributed by atoms with Gasteiger partial charge in [0, 0.05) is 37.4 Å². The van der Waals surface area contributed by atoms with Crippen LogP contribution < -0.4 is 20.9 Å². The normalized spacial score (nSPS) is 20.7. The minimum absolute atomic E-state index is 0.411. The van der Waals surface area contributed by atoms with Gasteiger partial charge in [0.15, 0.2) is 5.11 Å². The van der Waals surface area contributed by atoms with Gasteiger partial charge in [-0.05, 0) is 75.7 Å². The number of nitrogens with one attached hydrogen (secondary N) is 3. The zero-order valence-electron chi connectivity index (χ0n) is 17.9. The van der Waals surface area contributed by atoms with Crippen molar-refractivity contribution in [3.05, 3.63) is 41.6 Å². The summed E-state index contributed by atoms with van der Waals surface area (Å²) in [5.74, 6) is 1.87. The van der Waals surface area contributed by atoms with Crippen LogP contribution in [0, 0.1) is 0 Å². The molecule has 30 heavy (non-hydrogen) atoms. The van der Waals surface area contributed by atoms with Crippen LogP contribution in [0.3, 0.4) is 0 Å². The van der Waals surface area contributed by atoms with Gasteiger partial charge in [0.2, 0.25) is 5.95 Å². The third-order valence-corrected chi connectivity index (χ3v) is 6.23. The van der Waals surface area contributed by atoms with Crippen LogP contribution in [-0.2, 0) is 12.8 Å². The molecule has 3 N–H and O–H groups in total. The summed E-state index contributed by atoms with van der Waals surface area (Å²) < 4.78 is 0. The molecule has 0 atom stereocenters. The van der Waals surface area contributed by atoms with E-state index in [1.54, 1.807) is 0 Å². The monoisotopic (exact) mass is 424 g/mol. The lowest BCUT2D eigenvalue weighted by Crippen LogP contribution is -2.42. The summed E-state index contributed by atoms with van der Waals surface area (Å²) in [6, 6.07) is 10.9. The first-order valence-electron chi connectivity index (χ1n) is 11.0. The van der Waals surface area contributed by atoms with Gasteiger partial charge < -0.3 is 20.9 Å². The predicted octanol–water partition coefficient (Wildman–Crippen LogP) is 4.13. The molecule has 0 radical (unpaired) electrons. The number of benzene rings is 1. The highest BCUT2D eigenvalue weighted by molar-refractivity contribution is 7.80. The standard InChI is InChI=1S/C23H32N6S/c1-29(2)21-19-10-6-7-11-20(19)27-22(28-21)24-17-12-14-18(15-13-17)26-23(30)25-16-8-4-3-5-9-16/h3-5,8-9,17-18H,6-7,10-15H2,1-2H3,(H,24,27,28)(H2,25,26,30). The third-order valence-electron chi connectivity index (χ3n) is 6.01. The molecule has 0 aliphatic heterocycles. The number of hydrogen-bond acceptors (Lipinski definition) is 5. The Morgan fingerprint density at radius 1 is 0.967 bits per heavy atom. The number of anilines is 3. The second kappa shape index (κ2) is 9.60. The highest BCUT2D eigenvalue weighted by Crippen LogP contribution is 2.29. The molecule has 6 nitrogen and oxygen atoms in total. The van der Waals surface area contributed by atoms with Crippen LogP contribution in [-0.4, -0.2) is 41.3 Å². The molecule has 7 heteroatoms. The van der Waals surface area contributed by atoms with E-state index in [0.29, 0.717) is 17.2 Å². The predicted molar refractivity (Wildman–Crippen MR) is 128 cm³/mol. The van der Waals surface area contributed by atoms with Crippen molar-refractivity contribution in [1.29, 1.82) is 0 Å². The molecule has 1 fully saturated rings. The first-order valence-corrected chi connectivity index (χ1v) is 11.5. The number of rotatable bonds is 5. The second-order valence-corrected chi connectivity index (χ2v) is 8.96. The maximum Gasteiger partial charge on any atom is 0.225 e. The van der Waals surface area contributed by atoms with Crippen LogP contribution in [0.4, 0.5) is 17.5 Å². The van der Waals surface area contributed by atoms with Crippen molar-refractivity contribution in [3.63, 3.8) is 0 Å². The van der Waals surface area contributed by atoms with Crippen LogP contribution in [0.15, 0.2) is 30.3 Å². The minimum atomic E-state index is 0.411. The van der Waals surface area contributed by atoms with Gasteiger partial charge in [-0.1, -0.05) is 18.2 Å². The summed E-state index contributed by atoms with van der Waals surface area (Å²) in [6.07, 6.45) is 8.96. The lowest BCUT2D eigenvalue weighted by molar-refractivity contribution is 0.387. The van der Waals surface area contributed by atoms with Crippen molar-refractivity contribution in [2.75, 3.05) is 29.6 Å². The molecular weight excluding hydrogens is 392 g/mol. The van der Waals surface area contributed by atoms with Crippen LogP contribution in [0.2, 0.25) is 0 Å². The lowest BCUT2D eigenvalue weighted by atomic mass is 9.91. The second-order valence-electron chi connectivity index (χ2n) is 8.55. The summed E-state index contributed by atoms with van der Waals surface area (Å²) in [7, 11) is 4.15. The summed E-state index contributed by atoms with van der Waals surface area (Å²) in [6.45, 7) is 0. The van der Waals surface area contributed by atoms with E-state index in [1.807, 2.05) is 30.3 Å². The number of fused-ring (bicyclic) bond motifs is 1. The van der Waals surface area contributed by atoms with Crippen molar-refractivity contribution in [3.8, 4) is 0 Å². The van der Waals surface area contributed by atoms with E-state index in [0.717, 1.165) is 56.0 Å². The fraction of sp³-hybridized carbons (Fsp3) is 0.522. The molecule has 1 heterocycles. The maximum absolute atomic E-state index is 5.48. The van der Waals surface area contributed by atoms with E-state index in [-0.39, 0.29) is 0 Å². The fourth-order valence-corrected chi connectivity index (χ4v) is 4.73. The number of thiocarbonyl (C=S) groups is 1. The molecule has 1 aromatic heterocycles. The largest absolute Gasteiger partial charge is 0.362 e. The van der Waals surface area contributed by atoms with E-state index in [4.69, 9.17) is 22.2 Å². The highest BCUT2D eigenvalue weighted by atomic mass is 32.1. The smallest absolute Gasteiger partial charge is 0.225 e. The van der Waals surface area contributed by atoms with Gasteiger partial charge in [0.25, 0.3) is 0 Å². The zero-order chi connectivity index (χ0) is 20.9. The number of aryl methyl sites for hydroxylation is 1. The molecule has 2 aliphatic rings. The molecule has 0 unspecified atom stereocenters. The van der Waals surface area contributed by atoms with E-state index in [1.165, 1.54) is 24.1 Å². The molecule has 0 saturated heterocycles. The molecule has 2 aromatic rings. The lowest BCUT2D eigenvalue weighted by Gasteiger charge is -2.31. The third kappa shape index (κ3) is 5.19. The van der Waals surface area contributed by atoms with Gasteiger partial charge in [0.05, 0.1) is 5.69 Å². The molecule has 0 spiro atoms. The SMILES string of the molecule is CN(C)c1nc(NC2CCC(NC(=S)Nc3ccccc3)CC2)nc2c1CCCC2. The topological polar surface area (TPSA) is 65.1 Å².